The van der Waals surface area contributed by atoms with Crippen molar-refractivity contribution in [3.63, 3.8) is 0 Å². The molecular weight excluding hydrogens is 338 g/mol. The summed E-state index contributed by atoms with van der Waals surface area (Å²) >= 11 is 3.25. The third-order valence-electron chi connectivity index (χ3n) is 2.89. The SMILES string of the molecule is CN(Cc1ccccc1[N+](=O)[O-])C(=O)c1cncc(Br)c1. The highest BCUT2D eigenvalue weighted by Crippen LogP contribution is 2.20. The third-order valence-corrected chi connectivity index (χ3v) is 3.33. The molecule has 0 aliphatic carbocycles. The summed E-state index contributed by atoms with van der Waals surface area (Å²) in [5.74, 6) is -0.248. The zero-order valence-electron chi connectivity index (χ0n) is 11.2. The normalized spacial score (nSPS) is 10.2. The van der Waals surface area contributed by atoms with Gasteiger partial charge in [-0.25, -0.2) is 0 Å². The lowest BCUT2D eigenvalue weighted by molar-refractivity contribution is -0.385. The van der Waals surface area contributed by atoms with E-state index in [-0.39, 0.29) is 18.1 Å². The minimum Gasteiger partial charge on any atom is -0.337 e. The molecule has 1 amide bonds. The number of nitro groups is 1. The number of amides is 1. The summed E-state index contributed by atoms with van der Waals surface area (Å²) in [6.07, 6.45) is 3.04. The van der Waals surface area contributed by atoms with Crippen molar-refractivity contribution in [1.29, 1.82) is 0 Å². The Labute approximate surface area is 129 Å². The van der Waals surface area contributed by atoms with E-state index in [0.29, 0.717) is 15.6 Å². The first-order chi connectivity index (χ1) is 9.99. The molecule has 0 aliphatic rings. The Kier molecular flexibility index (Phi) is 4.64. The van der Waals surface area contributed by atoms with Gasteiger partial charge in [0.1, 0.15) is 0 Å². The summed E-state index contributed by atoms with van der Waals surface area (Å²) in [5.41, 5.74) is 0.913. The fourth-order valence-corrected chi connectivity index (χ4v) is 2.26. The third kappa shape index (κ3) is 3.63. The lowest BCUT2D eigenvalue weighted by Crippen LogP contribution is -2.26. The van der Waals surface area contributed by atoms with Crippen LogP contribution in [0.3, 0.4) is 0 Å². The standard InChI is InChI=1S/C14H12BrN3O3/c1-17(14(19)11-6-12(15)8-16-7-11)9-10-4-2-3-5-13(10)18(20)21/h2-8H,9H2,1H3. The smallest absolute Gasteiger partial charge is 0.274 e. The minimum absolute atomic E-state index is 0.00418. The summed E-state index contributed by atoms with van der Waals surface area (Å²) in [6, 6.07) is 8.03. The van der Waals surface area contributed by atoms with Crippen molar-refractivity contribution in [3.05, 3.63) is 68.4 Å². The van der Waals surface area contributed by atoms with Gasteiger partial charge in [-0.3, -0.25) is 19.9 Å². The van der Waals surface area contributed by atoms with E-state index < -0.39 is 4.92 Å². The fraction of sp³-hybridized carbons (Fsp3) is 0.143. The van der Waals surface area contributed by atoms with Crippen molar-refractivity contribution < 1.29 is 9.72 Å². The van der Waals surface area contributed by atoms with Crippen LogP contribution < -0.4 is 0 Å². The molecule has 0 N–H and O–H groups in total. The molecule has 0 atom stereocenters. The Morgan fingerprint density at radius 1 is 1.38 bits per heavy atom. The van der Waals surface area contributed by atoms with Crippen molar-refractivity contribution in [1.82, 2.24) is 9.88 Å². The number of benzene rings is 1. The molecule has 0 bridgehead atoms. The maximum Gasteiger partial charge on any atom is 0.274 e. The summed E-state index contributed by atoms with van der Waals surface area (Å²) in [5, 5.41) is 11.0. The zero-order chi connectivity index (χ0) is 15.4. The molecule has 0 saturated heterocycles. The van der Waals surface area contributed by atoms with Crippen LogP contribution in [-0.2, 0) is 6.54 Å². The molecule has 1 heterocycles. The van der Waals surface area contributed by atoms with Crippen molar-refractivity contribution in [3.8, 4) is 0 Å². The molecule has 0 saturated carbocycles. The number of halogens is 1. The maximum absolute atomic E-state index is 12.3. The van der Waals surface area contributed by atoms with Gasteiger partial charge in [0.25, 0.3) is 11.6 Å². The fourth-order valence-electron chi connectivity index (χ4n) is 1.90. The molecule has 2 aromatic rings. The minimum atomic E-state index is -0.450. The second-order valence-electron chi connectivity index (χ2n) is 4.44. The van der Waals surface area contributed by atoms with E-state index in [1.165, 1.54) is 17.2 Å². The molecule has 6 nitrogen and oxygen atoms in total. The topological polar surface area (TPSA) is 76.3 Å². The van der Waals surface area contributed by atoms with Gasteiger partial charge in [-0.05, 0) is 22.0 Å². The van der Waals surface area contributed by atoms with E-state index in [9.17, 15) is 14.9 Å². The highest BCUT2D eigenvalue weighted by molar-refractivity contribution is 9.10. The van der Waals surface area contributed by atoms with Gasteiger partial charge in [0.05, 0.1) is 17.0 Å². The number of hydrogen-bond donors (Lipinski definition) is 0. The second kappa shape index (κ2) is 6.45. The second-order valence-corrected chi connectivity index (χ2v) is 5.35. The largest absolute Gasteiger partial charge is 0.337 e. The lowest BCUT2D eigenvalue weighted by Gasteiger charge is -2.17. The molecule has 1 aromatic carbocycles. The van der Waals surface area contributed by atoms with Gasteiger partial charge in [0.15, 0.2) is 0 Å². The predicted molar refractivity (Wildman–Crippen MR) is 80.8 cm³/mol. The summed E-state index contributed by atoms with van der Waals surface area (Å²) < 4.78 is 0.701. The first-order valence-electron chi connectivity index (χ1n) is 6.07. The number of rotatable bonds is 4. The predicted octanol–water partition coefficient (Wildman–Crippen LogP) is 3.02. The molecule has 0 fully saturated rings. The van der Waals surface area contributed by atoms with E-state index in [4.69, 9.17) is 0 Å². The van der Waals surface area contributed by atoms with Crippen LogP contribution in [0.25, 0.3) is 0 Å². The van der Waals surface area contributed by atoms with Crippen LogP contribution in [0.5, 0.6) is 0 Å². The number of para-hydroxylation sites is 1. The maximum atomic E-state index is 12.3. The molecule has 1 aromatic heterocycles. The Morgan fingerprint density at radius 2 is 2.10 bits per heavy atom. The van der Waals surface area contributed by atoms with Crippen LogP contribution in [0.1, 0.15) is 15.9 Å². The van der Waals surface area contributed by atoms with E-state index >= 15 is 0 Å². The van der Waals surface area contributed by atoms with Crippen molar-refractivity contribution in [2.24, 2.45) is 0 Å². The van der Waals surface area contributed by atoms with Crippen LogP contribution in [0, 0.1) is 10.1 Å². The Balaban J connectivity index is 2.20. The number of pyridine rings is 1. The molecule has 108 valence electrons. The average molecular weight is 350 g/mol. The number of aromatic nitrogens is 1. The van der Waals surface area contributed by atoms with Crippen LogP contribution in [-0.4, -0.2) is 27.8 Å². The van der Waals surface area contributed by atoms with Crippen LogP contribution in [0.15, 0.2) is 47.2 Å². The van der Waals surface area contributed by atoms with Gasteiger partial charge in [-0.2, -0.15) is 0 Å². The van der Waals surface area contributed by atoms with Crippen molar-refractivity contribution in [2.45, 2.75) is 6.54 Å². The number of hydrogen-bond acceptors (Lipinski definition) is 4. The van der Waals surface area contributed by atoms with E-state index in [1.54, 1.807) is 37.5 Å². The number of nitro benzene ring substituents is 1. The summed E-state index contributed by atoms with van der Waals surface area (Å²) in [7, 11) is 1.60. The van der Waals surface area contributed by atoms with E-state index in [0.717, 1.165) is 0 Å². The Hall–Kier alpha value is -2.28. The molecule has 21 heavy (non-hydrogen) atoms. The first-order valence-corrected chi connectivity index (χ1v) is 6.86. The molecule has 0 radical (unpaired) electrons. The molecule has 0 spiro atoms. The average Bonchev–Trinajstić information content (AvgIpc) is 2.46. The van der Waals surface area contributed by atoms with Gasteiger partial charge in [-0.1, -0.05) is 18.2 Å². The number of nitrogens with zero attached hydrogens (tertiary/aromatic N) is 3. The van der Waals surface area contributed by atoms with Gasteiger partial charge >= 0.3 is 0 Å². The molecule has 7 heteroatoms. The van der Waals surface area contributed by atoms with Crippen molar-refractivity contribution >= 4 is 27.5 Å². The van der Waals surface area contributed by atoms with E-state index in [1.807, 2.05) is 0 Å². The van der Waals surface area contributed by atoms with Gasteiger partial charge in [0.2, 0.25) is 0 Å². The van der Waals surface area contributed by atoms with Crippen LogP contribution in [0.4, 0.5) is 5.69 Å². The summed E-state index contributed by atoms with van der Waals surface area (Å²) in [4.78, 5) is 28.2. The molecular formula is C14H12BrN3O3. The van der Waals surface area contributed by atoms with Gasteiger partial charge < -0.3 is 4.90 Å². The summed E-state index contributed by atoms with van der Waals surface area (Å²) in [6.45, 7) is 0.155. The Morgan fingerprint density at radius 3 is 2.76 bits per heavy atom. The van der Waals surface area contributed by atoms with Crippen LogP contribution in [0.2, 0.25) is 0 Å². The highest BCUT2D eigenvalue weighted by atomic mass is 79.9. The zero-order valence-corrected chi connectivity index (χ0v) is 12.8. The van der Waals surface area contributed by atoms with Crippen molar-refractivity contribution in [2.75, 3.05) is 7.05 Å². The van der Waals surface area contributed by atoms with Gasteiger partial charge in [-0.15, -0.1) is 0 Å². The molecule has 2 rings (SSSR count). The lowest BCUT2D eigenvalue weighted by atomic mass is 10.1. The highest BCUT2D eigenvalue weighted by Gasteiger charge is 2.18. The molecule has 0 unspecified atom stereocenters. The van der Waals surface area contributed by atoms with Gasteiger partial charge in [0, 0.05) is 35.5 Å². The Bertz CT molecular complexity index is 691. The van der Waals surface area contributed by atoms with Crippen LogP contribution >= 0.6 is 15.9 Å². The molecule has 0 aliphatic heterocycles. The van der Waals surface area contributed by atoms with E-state index in [2.05, 4.69) is 20.9 Å². The first kappa shape index (κ1) is 15.1. The monoisotopic (exact) mass is 349 g/mol. The quantitative estimate of drug-likeness (QED) is 0.627. The number of carbonyl (C=O) groups is 1. The number of carbonyl (C=O) groups excluding carboxylic acids is 1.